The topological polar surface area (TPSA) is 97.1 Å². The Morgan fingerprint density at radius 3 is 2.49 bits per heavy atom. The Kier molecular flexibility index (Phi) is 11.1. The summed E-state index contributed by atoms with van der Waals surface area (Å²) in [5.41, 5.74) is 2.45. The van der Waals surface area contributed by atoms with Gasteiger partial charge in [0.2, 0.25) is 0 Å². The minimum absolute atomic E-state index is 0.0403. The fraction of sp³-hybridized carbons (Fsp3) is 0.385. The summed E-state index contributed by atoms with van der Waals surface area (Å²) in [6, 6.07) is 11.8. The van der Waals surface area contributed by atoms with Gasteiger partial charge in [0, 0.05) is 41.4 Å². The van der Waals surface area contributed by atoms with E-state index in [0.29, 0.717) is 17.1 Å². The van der Waals surface area contributed by atoms with Crippen LogP contribution in [0.5, 0.6) is 0 Å². The number of benzene rings is 1. The molecule has 3 rings (SSSR count). The number of aryl methyl sites for hydroxylation is 1. The fourth-order valence-electron chi connectivity index (χ4n) is 3.70. The number of aromatic nitrogens is 3. The van der Waals surface area contributed by atoms with Gasteiger partial charge < -0.3 is 15.0 Å². The Bertz CT molecular complexity index is 1120. The number of nitrogens with one attached hydrogen (secondary N) is 1. The van der Waals surface area contributed by atoms with E-state index >= 15 is 0 Å². The predicted molar refractivity (Wildman–Crippen MR) is 140 cm³/mol. The van der Waals surface area contributed by atoms with Crippen LogP contribution in [-0.4, -0.2) is 31.5 Å². The Labute approximate surface area is 215 Å². The average molecular weight is 515 g/mol. The molecule has 2 aromatic heterocycles. The average Bonchev–Trinajstić information content (AvgIpc) is 2.85. The van der Waals surface area contributed by atoms with Crippen LogP contribution in [0.3, 0.4) is 0 Å². The molecule has 0 aliphatic rings. The molecule has 0 atom stereocenters. The standard InChI is InChI=1S/C26H31ClN4O3S/c27-23-12-10-20(11-13-23)8-5-3-1-2-4-6-15-35-25-30-24(32)22(16-21-9-7-14-28-17-21)18-31(25)19-29-26(33)34/h7,9-14,17-18,29H,1-6,8,15-16,19H2,(H,33,34). The number of pyridine rings is 1. The summed E-state index contributed by atoms with van der Waals surface area (Å²) in [6.45, 7) is 0.0403. The first-order valence-electron chi connectivity index (χ1n) is 11.8. The van der Waals surface area contributed by atoms with Crippen molar-refractivity contribution in [3.63, 3.8) is 0 Å². The summed E-state index contributed by atoms with van der Waals surface area (Å²) in [5.74, 6) is 0.826. The zero-order chi connectivity index (χ0) is 24.9. The molecule has 0 saturated carbocycles. The monoisotopic (exact) mass is 514 g/mol. The molecule has 0 aliphatic carbocycles. The van der Waals surface area contributed by atoms with Crippen molar-refractivity contribution in [1.82, 2.24) is 19.9 Å². The lowest BCUT2D eigenvalue weighted by atomic mass is 10.1. The summed E-state index contributed by atoms with van der Waals surface area (Å²) in [7, 11) is 0. The molecular weight excluding hydrogens is 484 g/mol. The number of carbonyl (C=O) groups is 1. The zero-order valence-electron chi connectivity index (χ0n) is 19.7. The number of nitrogens with zero attached hydrogens (tertiary/aromatic N) is 3. The first kappa shape index (κ1) is 26.8. The molecule has 0 saturated heterocycles. The molecule has 0 unspecified atom stereocenters. The Balaban J connectivity index is 1.43. The Morgan fingerprint density at radius 2 is 1.77 bits per heavy atom. The van der Waals surface area contributed by atoms with Crippen LogP contribution in [0.1, 0.15) is 55.2 Å². The Morgan fingerprint density at radius 1 is 1.03 bits per heavy atom. The maximum Gasteiger partial charge on any atom is 0.406 e. The molecule has 0 spiro atoms. The van der Waals surface area contributed by atoms with Crippen LogP contribution >= 0.6 is 23.4 Å². The van der Waals surface area contributed by atoms with Crippen molar-refractivity contribution in [2.45, 2.75) is 63.2 Å². The molecule has 3 aromatic rings. The number of unbranched alkanes of at least 4 members (excludes halogenated alkanes) is 5. The maximum absolute atomic E-state index is 12.6. The number of hydrogen-bond acceptors (Lipinski definition) is 5. The first-order valence-corrected chi connectivity index (χ1v) is 13.2. The molecule has 0 bridgehead atoms. The molecular formula is C26H31ClN4O3S. The van der Waals surface area contributed by atoms with Gasteiger partial charge in [0.25, 0.3) is 5.56 Å². The van der Waals surface area contributed by atoms with Crippen LogP contribution in [0.4, 0.5) is 4.79 Å². The second-order valence-corrected chi connectivity index (χ2v) is 9.85. The molecule has 7 nitrogen and oxygen atoms in total. The minimum Gasteiger partial charge on any atom is -0.465 e. The van der Waals surface area contributed by atoms with Crippen molar-refractivity contribution in [2.24, 2.45) is 0 Å². The van der Waals surface area contributed by atoms with Crippen molar-refractivity contribution in [2.75, 3.05) is 5.75 Å². The number of halogens is 1. The van der Waals surface area contributed by atoms with E-state index in [1.165, 1.54) is 43.0 Å². The number of carboxylic acid groups (broad SMARTS) is 1. The highest BCUT2D eigenvalue weighted by molar-refractivity contribution is 7.99. The molecule has 1 aromatic carbocycles. The number of thioether (sulfide) groups is 1. The SMILES string of the molecule is O=C(O)NCn1cc(Cc2cccnc2)c(=O)nc1SCCCCCCCCc1ccc(Cl)cc1. The molecule has 0 radical (unpaired) electrons. The summed E-state index contributed by atoms with van der Waals surface area (Å²) in [6.07, 6.45) is 12.3. The predicted octanol–water partition coefficient (Wildman–Crippen LogP) is 5.78. The van der Waals surface area contributed by atoms with Crippen LogP contribution in [-0.2, 0) is 19.5 Å². The van der Waals surface area contributed by atoms with E-state index in [1.54, 1.807) is 23.2 Å². The molecule has 2 heterocycles. The summed E-state index contributed by atoms with van der Waals surface area (Å²) in [5, 5.41) is 12.7. The van der Waals surface area contributed by atoms with E-state index in [2.05, 4.69) is 27.4 Å². The Hall–Kier alpha value is -2.84. The maximum atomic E-state index is 12.6. The van der Waals surface area contributed by atoms with E-state index in [0.717, 1.165) is 35.6 Å². The summed E-state index contributed by atoms with van der Waals surface area (Å²) < 4.78 is 1.70. The van der Waals surface area contributed by atoms with Gasteiger partial charge in [-0.3, -0.25) is 9.78 Å². The number of hydrogen-bond donors (Lipinski definition) is 2. The summed E-state index contributed by atoms with van der Waals surface area (Å²) >= 11 is 7.42. The van der Waals surface area contributed by atoms with Gasteiger partial charge >= 0.3 is 6.09 Å². The third-order valence-corrected chi connectivity index (χ3v) is 6.88. The highest BCUT2D eigenvalue weighted by Gasteiger charge is 2.11. The van der Waals surface area contributed by atoms with Gasteiger partial charge in [0.1, 0.15) is 0 Å². The largest absolute Gasteiger partial charge is 0.465 e. The molecule has 0 aliphatic heterocycles. The van der Waals surface area contributed by atoms with E-state index in [4.69, 9.17) is 16.7 Å². The van der Waals surface area contributed by atoms with Gasteiger partial charge in [0.15, 0.2) is 5.16 Å². The molecule has 0 fully saturated rings. The second-order valence-electron chi connectivity index (χ2n) is 8.35. The number of amides is 1. The van der Waals surface area contributed by atoms with Gasteiger partial charge in [-0.1, -0.05) is 67.2 Å². The van der Waals surface area contributed by atoms with Gasteiger partial charge in [0.05, 0.1) is 6.67 Å². The lowest BCUT2D eigenvalue weighted by Crippen LogP contribution is -2.28. The minimum atomic E-state index is -1.12. The molecule has 1 amide bonds. The molecule has 35 heavy (non-hydrogen) atoms. The van der Waals surface area contributed by atoms with E-state index < -0.39 is 6.09 Å². The first-order chi connectivity index (χ1) is 17.0. The number of rotatable bonds is 14. The third kappa shape index (κ3) is 9.74. The molecule has 186 valence electrons. The van der Waals surface area contributed by atoms with Gasteiger partial charge in [-0.25, -0.2) is 4.79 Å². The van der Waals surface area contributed by atoms with Crippen LogP contribution in [0.2, 0.25) is 5.02 Å². The van der Waals surface area contributed by atoms with Crippen LogP contribution < -0.4 is 10.9 Å². The lowest BCUT2D eigenvalue weighted by molar-refractivity contribution is 0.190. The van der Waals surface area contributed by atoms with E-state index in [-0.39, 0.29) is 12.2 Å². The zero-order valence-corrected chi connectivity index (χ0v) is 21.2. The smallest absolute Gasteiger partial charge is 0.406 e. The van der Waals surface area contributed by atoms with Crippen molar-refractivity contribution >= 4 is 29.5 Å². The van der Waals surface area contributed by atoms with E-state index in [9.17, 15) is 9.59 Å². The third-order valence-electron chi connectivity index (χ3n) is 5.55. The highest BCUT2D eigenvalue weighted by atomic mass is 35.5. The van der Waals surface area contributed by atoms with Gasteiger partial charge in [-0.05, 0) is 48.6 Å². The second kappa shape index (κ2) is 14.5. The quantitative estimate of drug-likeness (QED) is 0.161. The van der Waals surface area contributed by atoms with Crippen molar-refractivity contribution in [3.8, 4) is 0 Å². The van der Waals surface area contributed by atoms with E-state index in [1.807, 2.05) is 24.3 Å². The lowest BCUT2D eigenvalue weighted by Gasteiger charge is -2.13. The van der Waals surface area contributed by atoms with Crippen LogP contribution in [0.25, 0.3) is 0 Å². The van der Waals surface area contributed by atoms with Crippen molar-refractivity contribution in [1.29, 1.82) is 0 Å². The van der Waals surface area contributed by atoms with Crippen molar-refractivity contribution < 1.29 is 9.90 Å². The molecule has 2 N–H and O–H groups in total. The van der Waals surface area contributed by atoms with Gasteiger partial charge in [-0.2, -0.15) is 4.98 Å². The van der Waals surface area contributed by atoms with Gasteiger partial charge in [-0.15, -0.1) is 0 Å². The van der Waals surface area contributed by atoms with Crippen molar-refractivity contribution in [3.05, 3.63) is 87.1 Å². The fourth-order valence-corrected chi connectivity index (χ4v) is 4.79. The molecule has 9 heteroatoms. The normalized spacial score (nSPS) is 10.9. The van der Waals surface area contributed by atoms with Crippen LogP contribution in [0.15, 0.2) is 64.9 Å². The summed E-state index contributed by atoms with van der Waals surface area (Å²) in [4.78, 5) is 31.9. The van der Waals surface area contributed by atoms with Crippen LogP contribution in [0, 0.1) is 0 Å². The highest BCUT2D eigenvalue weighted by Crippen LogP contribution is 2.19.